The van der Waals surface area contributed by atoms with E-state index in [-0.39, 0.29) is 5.56 Å². The molecule has 0 atom stereocenters. The van der Waals surface area contributed by atoms with Crippen molar-refractivity contribution in [3.8, 4) is 5.75 Å². The van der Waals surface area contributed by atoms with Gasteiger partial charge in [0.05, 0.1) is 0 Å². The number of allylic oxidation sites excluding steroid dienone is 1. The third kappa shape index (κ3) is 1.27. The maximum atomic E-state index is 10.9. The minimum Gasteiger partial charge on any atom is -0.488 e. The SMILES string of the molecule is CC1=CCOc2c(C(=O)O)cccc21. The molecular formula is C11H10O3. The highest BCUT2D eigenvalue weighted by Gasteiger charge is 2.18. The van der Waals surface area contributed by atoms with Crippen molar-refractivity contribution in [1.29, 1.82) is 0 Å². The molecule has 0 saturated carbocycles. The summed E-state index contributed by atoms with van der Waals surface area (Å²) < 4.78 is 5.33. The van der Waals surface area contributed by atoms with Gasteiger partial charge in [0.15, 0.2) is 0 Å². The quantitative estimate of drug-likeness (QED) is 0.738. The van der Waals surface area contributed by atoms with E-state index in [1.54, 1.807) is 12.1 Å². The lowest BCUT2D eigenvalue weighted by molar-refractivity contribution is 0.0692. The summed E-state index contributed by atoms with van der Waals surface area (Å²) in [6.07, 6.45) is 1.94. The van der Waals surface area contributed by atoms with Crippen molar-refractivity contribution in [3.05, 3.63) is 35.4 Å². The Bertz CT molecular complexity index is 419. The summed E-state index contributed by atoms with van der Waals surface area (Å²) in [6.45, 7) is 2.40. The van der Waals surface area contributed by atoms with E-state index in [2.05, 4.69) is 0 Å². The van der Waals surface area contributed by atoms with Gasteiger partial charge in [0.2, 0.25) is 0 Å². The van der Waals surface area contributed by atoms with Gasteiger partial charge in [0.25, 0.3) is 0 Å². The summed E-state index contributed by atoms with van der Waals surface area (Å²) in [7, 11) is 0. The van der Waals surface area contributed by atoms with E-state index in [4.69, 9.17) is 9.84 Å². The average Bonchev–Trinajstić information content (AvgIpc) is 2.17. The van der Waals surface area contributed by atoms with Crippen LogP contribution in [0.25, 0.3) is 5.57 Å². The first-order chi connectivity index (χ1) is 6.70. The fourth-order valence-corrected chi connectivity index (χ4v) is 1.53. The molecule has 72 valence electrons. The van der Waals surface area contributed by atoms with Crippen LogP contribution in [0.4, 0.5) is 0 Å². The molecule has 0 saturated heterocycles. The van der Waals surface area contributed by atoms with Gasteiger partial charge in [-0.3, -0.25) is 0 Å². The van der Waals surface area contributed by atoms with Crippen molar-refractivity contribution in [3.63, 3.8) is 0 Å². The van der Waals surface area contributed by atoms with Gasteiger partial charge in [-0.25, -0.2) is 4.79 Å². The Balaban J connectivity index is 2.63. The Morgan fingerprint density at radius 2 is 2.29 bits per heavy atom. The number of benzene rings is 1. The largest absolute Gasteiger partial charge is 0.488 e. The number of carbonyl (C=O) groups is 1. The van der Waals surface area contributed by atoms with Gasteiger partial charge in [-0.2, -0.15) is 0 Å². The molecule has 1 aliphatic heterocycles. The maximum Gasteiger partial charge on any atom is 0.339 e. The van der Waals surface area contributed by atoms with Crippen LogP contribution in [0.2, 0.25) is 0 Å². The predicted octanol–water partition coefficient (Wildman–Crippen LogP) is 2.18. The summed E-state index contributed by atoms with van der Waals surface area (Å²) in [5.74, 6) is -0.462. The number of carboxylic acids is 1. The lowest BCUT2D eigenvalue weighted by atomic mass is 10.0. The molecule has 1 aromatic carbocycles. The molecule has 1 heterocycles. The summed E-state index contributed by atoms with van der Waals surface area (Å²) >= 11 is 0. The molecule has 1 aromatic rings. The van der Waals surface area contributed by atoms with Crippen LogP contribution in [0.15, 0.2) is 24.3 Å². The highest BCUT2D eigenvalue weighted by molar-refractivity contribution is 5.93. The zero-order valence-electron chi connectivity index (χ0n) is 7.78. The Morgan fingerprint density at radius 3 is 3.00 bits per heavy atom. The molecule has 0 aromatic heterocycles. The minimum atomic E-state index is -0.948. The number of carboxylic acid groups (broad SMARTS) is 1. The molecule has 0 bridgehead atoms. The van der Waals surface area contributed by atoms with Gasteiger partial charge in [-0.15, -0.1) is 0 Å². The zero-order valence-corrected chi connectivity index (χ0v) is 7.78. The van der Waals surface area contributed by atoms with Gasteiger partial charge in [0, 0.05) is 5.56 Å². The normalized spacial score (nSPS) is 13.9. The lowest BCUT2D eigenvalue weighted by Gasteiger charge is -2.17. The predicted molar refractivity (Wildman–Crippen MR) is 52.5 cm³/mol. The molecule has 1 aliphatic rings. The van der Waals surface area contributed by atoms with Crippen molar-refractivity contribution in [1.82, 2.24) is 0 Å². The standard InChI is InChI=1S/C11H10O3/c1-7-5-6-14-10-8(7)3-2-4-9(10)11(12)13/h2-5H,6H2,1H3,(H,12,13). The molecule has 2 rings (SSSR count). The van der Waals surface area contributed by atoms with Crippen LogP contribution < -0.4 is 4.74 Å². The molecule has 3 nitrogen and oxygen atoms in total. The van der Waals surface area contributed by atoms with Gasteiger partial charge in [-0.05, 0) is 24.6 Å². The maximum absolute atomic E-state index is 10.9. The fraction of sp³-hybridized carbons (Fsp3) is 0.182. The second kappa shape index (κ2) is 3.18. The van der Waals surface area contributed by atoms with E-state index < -0.39 is 5.97 Å². The molecular weight excluding hydrogens is 180 g/mol. The number of para-hydroxylation sites is 1. The second-order valence-electron chi connectivity index (χ2n) is 3.19. The first-order valence-electron chi connectivity index (χ1n) is 4.36. The molecule has 14 heavy (non-hydrogen) atoms. The molecule has 0 radical (unpaired) electrons. The summed E-state index contributed by atoms with van der Waals surface area (Å²) in [5.41, 5.74) is 2.17. The van der Waals surface area contributed by atoms with E-state index in [1.807, 2.05) is 19.1 Å². The highest BCUT2D eigenvalue weighted by Crippen LogP contribution is 2.32. The van der Waals surface area contributed by atoms with Crippen molar-refractivity contribution in [2.24, 2.45) is 0 Å². The Morgan fingerprint density at radius 1 is 1.50 bits per heavy atom. The number of hydrogen-bond acceptors (Lipinski definition) is 2. The lowest BCUT2D eigenvalue weighted by Crippen LogP contribution is -2.09. The molecule has 0 fully saturated rings. The van der Waals surface area contributed by atoms with E-state index in [0.29, 0.717) is 12.4 Å². The van der Waals surface area contributed by atoms with Gasteiger partial charge in [-0.1, -0.05) is 12.1 Å². The summed E-state index contributed by atoms with van der Waals surface area (Å²) in [6, 6.07) is 5.15. The monoisotopic (exact) mass is 190 g/mol. The molecule has 1 N–H and O–H groups in total. The number of ether oxygens (including phenoxy) is 1. The number of aromatic carboxylic acids is 1. The number of rotatable bonds is 1. The van der Waals surface area contributed by atoms with Crippen molar-refractivity contribution in [2.75, 3.05) is 6.61 Å². The van der Waals surface area contributed by atoms with E-state index in [0.717, 1.165) is 11.1 Å². The second-order valence-corrected chi connectivity index (χ2v) is 3.19. The van der Waals surface area contributed by atoms with E-state index in [9.17, 15) is 4.79 Å². The van der Waals surface area contributed by atoms with Gasteiger partial charge in [0.1, 0.15) is 17.9 Å². The first kappa shape index (κ1) is 8.81. The smallest absolute Gasteiger partial charge is 0.339 e. The first-order valence-corrected chi connectivity index (χ1v) is 4.36. The number of hydrogen-bond donors (Lipinski definition) is 1. The van der Waals surface area contributed by atoms with Crippen molar-refractivity contribution in [2.45, 2.75) is 6.92 Å². The highest BCUT2D eigenvalue weighted by atomic mass is 16.5. The molecule has 0 unspecified atom stereocenters. The van der Waals surface area contributed by atoms with Crippen LogP contribution in [0, 0.1) is 0 Å². The topological polar surface area (TPSA) is 46.5 Å². The fourth-order valence-electron chi connectivity index (χ4n) is 1.53. The van der Waals surface area contributed by atoms with Crippen LogP contribution >= 0.6 is 0 Å². The van der Waals surface area contributed by atoms with Gasteiger partial charge < -0.3 is 9.84 Å². The van der Waals surface area contributed by atoms with Crippen LogP contribution in [-0.4, -0.2) is 17.7 Å². The Kier molecular flexibility index (Phi) is 2.00. The minimum absolute atomic E-state index is 0.231. The Hall–Kier alpha value is -1.77. The summed E-state index contributed by atoms with van der Waals surface area (Å²) in [5, 5.41) is 8.93. The Labute approximate surface area is 81.6 Å². The van der Waals surface area contributed by atoms with Crippen LogP contribution in [0.1, 0.15) is 22.8 Å². The van der Waals surface area contributed by atoms with Gasteiger partial charge >= 0.3 is 5.97 Å². The molecule has 0 amide bonds. The molecule has 3 heteroatoms. The zero-order chi connectivity index (χ0) is 10.1. The van der Waals surface area contributed by atoms with Crippen LogP contribution in [0.5, 0.6) is 5.75 Å². The van der Waals surface area contributed by atoms with Crippen molar-refractivity contribution < 1.29 is 14.6 Å². The third-order valence-electron chi connectivity index (χ3n) is 2.29. The third-order valence-corrected chi connectivity index (χ3v) is 2.29. The average molecular weight is 190 g/mol. The van der Waals surface area contributed by atoms with E-state index in [1.165, 1.54) is 0 Å². The van der Waals surface area contributed by atoms with Crippen LogP contribution in [0.3, 0.4) is 0 Å². The summed E-state index contributed by atoms with van der Waals surface area (Å²) in [4.78, 5) is 10.9. The molecule has 0 spiro atoms. The van der Waals surface area contributed by atoms with Crippen molar-refractivity contribution >= 4 is 11.5 Å². The molecule has 0 aliphatic carbocycles. The number of fused-ring (bicyclic) bond motifs is 1. The van der Waals surface area contributed by atoms with E-state index >= 15 is 0 Å². The van der Waals surface area contributed by atoms with Crippen LogP contribution in [-0.2, 0) is 0 Å².